The van der Waals surface area contributed by atoms with Crippen LogP contribution < -0.4 is 10.3 Å². The van der Waals surface area contributed by atoms with Gasteiger partial charge in [-0.1, -0.05) is 0 Å². The fourth-order valence-corrected chi connectivity index (χ4v) is 3.52. The van der Waals surface area contributed by atoms with Crippen LogP contribution in [0.2, 0.25) is 0 Å². The molecule has 7 heteroatoms. The molecule has 0 radical (unpaired) electrons. The summed E-state index contributed by atoms with van der Waals surface area (Å²) in [5.41, 5.74) is -1.04. The number of carbonyl (C=O) groups is 1. The largest absolute Gasteiger partial charge is 0.477 e. The monoisotopic (exact) mass is 346 g/mol. The van der Waals surface area contributed by atoms with Gasteiger partial charge < -0.3 is 19.7 Å². The number of hydrogen-bond acceptors (Lipinski definition) is 4. The first kappa shape index (κ1) is 16.1. The SMILES string of the molecule is CC1N(c2cc3c(cc2F)c(=O)c(C(=O)O)cn3C2CC2)C[C@@]1(C)O. The zero-order valence-electron chi connectivity index (χ0n) is 14.0. The molecule has 2 heterocycles. The number of pyridine rings is 1. The van der Waals surface area contributed by atoms with Crippen LogP contribution in [0.4, 0.5) is 10.1 Å². The van der Waals surface area contributed by atoms with Crippen molar-refractivity contribution in [2.24, 2.45) is 0 Å². The van der Waals surface area contributed by atoms with Gasteiger partial charge in [0, 0.05) is 24.2 Å². The predicted molar refractivity (Wildman–Crippen MR) is 90.8 cm³/mol. The Hall–Kier alpha value is -2.41. The molecular formula is C18H19FN2O4. The average molecular weight is 346 g/mol. The second-order valence-electron chi connectivity index (χ2n) is 7.30. The topological polar surface area (TPSA) is 82.8 Å². The van der Waals surface area contributed by atoms with Gasteiger partial charge >= 0.3 is 5.97 Å². The van der Waals surface area contributed by atoms with Crippen molar-refractivity contribution in [3.8, 4) is 0 Å². The first-order valence-corrected chi connectivity index (χ1v) is 8.31. The number of halogens is 1. The zero-order chi connectivity index (χ0) is 18.1. The van der Waals surface area contributed by atoms with Crippen LogP contribution in [0.15, 0.2) is 23.1 Å². The van der Waals surface area contributed by atoms with Crippen LogP contribution in [-0.2, 0) is 0 Å². The molecule has 1 saturated carbocycles. The molecule has 4 rings (SSSR count). The molecule has 2 aliphatic rings. The Kier molecular flexibility index (Phi) is 3.25. The molecule has 132 valence electrons. The highest BCUT2D eigenvalue weighted by molar-refractivity contribution is 5.93. The lowest BCUT2D eigenvalue weighted by molar-refractivity contribution is -0.00827. The third kappa shape index (κ3) is 2.33. The van der Waals surface area contributed by atoms with Gasteiger partial charge in [0.1, 0.15) is 11.4 Å². The van der Waals surface area contributed by atoms with Crippen molar-refractivity contribution in [1.29, 1.82) is 0 Å². The molecule has 1 aliphatic heterocycles. The molecule has 2 fully saturated rings. The van der Waals surface area contributed by atoms with Crippen molar-refractivity contribution in [2.45, 2.75) is 44.4 Å². The molecule has 0 spiro atoms. The van der Waals surface area contributed by atoms with Crippen molar-refractivity contribution in [1.82, 2.24) is 4.57 Å². The van der Waals surface area contributed by atoms with E-state index in [0.29, 0.717) is 17.7 Å². The smallest absolute Gasteiger partial charge is 0.341 e. The number of carboxylic acid groups (broad SMARTS) is 1. The third-order valence-electron chi connectivity index (χ3n) is 5.44. The van der Waals surface area contributed by atoms with Crippen LogP contribution in [0.3, 0.4) is 0 Å². The molecule has 2 aromatic rings. The van der Waals surface area contributed by atoms with Crippen molar-refractivity contribution < 1.29 is 19.4 Å². The first-order chi connectivity index (χ1) is 11.7. The highest BCUT2D eigenvalue weighted by Gasteiger charge is 2.45. The number of nitrogens with zero attached hydrogens (tertiary/aromatic N) is 2. The number of rotatable bonds is 3. The van der Waals surface area contributed by atoms with Gasteiger partial charge in [0.2, 0.25) is 5.43 Å². The summed E-state index contributed by atoms with van der Waals surface area (Å²) in [4.78, 5) is 25.5. The molecule has 0 bridgehead atoms. The summed E-state index contributed by atoms with van der Waals surface area (Å²) in [6.07, 6.45) is 3.17. The maximum absolute atomic E-state index is 14.7. The normalized spacial score (nSPS) is 25.9. The minimum atomic E-state index is -1.31. The van der Waals surface area contributed by atoms with E-state index in [1.807, 2.05) is 6.92 Å². The van der Waals surface area contributed by atoms with E-state index in [0.717, 1.165) is 18.9 Å². The molecule has 25 heavy (non-hydrogen) atoms. The summed E-state index contributed by atoms with van der Waals surface area (Å²) in [5.74, 6) is -1.89. The van der Waals surface area contributed by atoms with E-state index < -0.39 is 22.8 Å². The summed E-state index contributed by atoms with van der Waals surface area (Å²) in [6.45, 7) is 3.82. The maximum atomic E-state index is 14.7. The number of aromatic carboxylic acids is 1. The van der Waals surface area contributed by atoms with Gasteiger partial charge in [-0.3, -0.25) is 4.79 Å². The van der Waals surface area contributed by atoms with E-state index in [1.165, 1.54) is 6.20 Å². The van der Waals surface area contributed by atoms with Crippen LogP contribution in [0, 0.1) is 5.82 Å². The number of benzene rings is 1. The van der Waals surface area contributed by atoms with Gasteiger partial charge in [-0.05, 0) is 38.8 Å². The third-order valence-corrected chi connectivity index (χ3v) is 5.44. The molecule has 1 aliphatic carbocycles. The number of β-amino-alcohol motifs (C(OH)–C–C–N with tert-alkyl or cyclic N) is 1. The van der Waals surface area contributed by atoms with Crippen molar-refractivity contribution in [3.63, 3.8) is 0 Å². The number of aromatic nitrogens is 1. The average Bonchev–Trinajstić information content (AvgIpc) is 3.37. The van der Waals surface area contributed by atoms with Crippen molar-refractivity contribution in [3.05, 3.63) is 39.9 Å². The predicted octanol–water partition coefficient (Wildman–Crippen LogP) is 2.13. The number of anilines is 1. The Labute approximate surface area is 143 Å². The van der Waals surface area contributed by atoms with Gasteiger partial charge in [0.25, 0.3) is 0 Å². The van der Waals surface area contributed by atoms with Crippen LogP contribution in [0.1, 0.15) is 43.1 Å². The molecule has 2 atom stereocenters. The Morgan fingerprint density at radius 1 is 1.36 bits per heavy atom. The van der Waals surface area contributed by atoms with Crippen LogP contribution >= 0.6 is 0 Å². The van der Waals surface area contributed by atoms with Gasteiger partial charge in [0.05, 0.1) is 22.8 Å². The second-order valence-corrected chi connectivity index (χ2v) is 7.30. The van der Waals surface area contributed by atoms with Crippen molar-refractivity contribution in [2.75, 3.05) is 11.4 Å². The number of aliphatic hydroxyl groups is 1. The van der Waals surface area contributed by atoms with E-state index in [9.17, 15) is 24.2 Å². The highest BCUT2D eigenvalue weighted by Crippen LogP contribution is 2.40. The standard InChI is InChI=1S/C18H19FN2O4/c1-9-18(2,25)8-21(9)15-6-14-11(5-13(15)19)16(22)12(17(23)24)7-20(14)10-3-4-10/h5-7,9-10,25H,3-4,8H2,1-2H3,(H,23,24)/t9?,18-/m1/s1. The van der Waals surface area contributed by atoms with Crippen molar-refractivity contribution >= 4 is 22.6 Å². The maximum Gasteiger partial charge on any atom is 0.341 e. The van der Waals surface area contributed by atoms with E-state index in [2.05, 4.69) is 0 Å². The number of fused-ring (bicyclic) bond motifs is 1. The van der Waals surface area contributed by atoms with Crippen LogP contribution in [-0.4, -0.2) is 38.9 Å². The summed E-state index contributed by atoms with van der Waals surface area (Å²) < 4.78 is 16.4. The number of carboxylic acids is 1. The van der Waals surface area contributed by atoms with E-state index in [1.54, 1.807) is 22.5 Å². The molecular weight excluding hydrogens is 327 g/mol. The highest BCUT2D eigenvalue weighted by atomic mass is 19.1. The lowest BCUT2D eigenvalue weighted by Gasteiger charge is -2.52. The van der Waals surface area contributed by atoms with E-state index in [4.69, 9.17) is 0 Å². The molecule has 1 aromatic carbocycles. The Morgan fingerprint density at radius 2 is 2.04 bits per heavy atom. The Balaban J connectivity index is 1.94. The Bertz CT molecular complexity index is 962. The van der Waals surface area contributed by atoms with Gasteiger partial charge in [-0.25, -0.2) is 9.18 Å². The molecule has 6 nitrogen and oxygen atoms in total. The van der Waals surface area contributed by atoms with Crippen LogP contribution in [0.5, 0.6) is 0 Å². The second kappa shape index (κ2) is 5.05. The number of hydrogen-bond donors (Lipinski definition) is 2. The molecule has 0 amide bonds. The molecule has 2 N–H and O–H groups in total. The van der Waals surface area contributed by atoms with E-state index >= 15 is 0 Å². The fraction of sp³-hybridized carbons (Fsp3) is 0.444. The molecule has 1 saturated heterocycles. The summed E-state index contributed by atoms with van der Waals surface area (Å²) in [5, 5.41) is 19.5. The minimum Gasteiger partial charge on any atom is -0.477 e. The summed E-state index contributed by atoms with van der Waals surface area (Å²) in [7, 11) is 0. The zero-order valence-corrected chi connectivity index (χ0v) is 14.0. The first-order valence-electron chi connectivity index (χ1n) is 8.31. The van der Waals surface area contributed by atoms with Gasteiger partial charge in [0.15, 0.2) is 0 Å². The lowest BCUT2D eigenvalue weighted by atomic mass is 9.86. The fourth-order valence-electron chi connectivity index (χ4n) is 3.52. The van der Waals surface area contributed by atoms with Gasteiger partial charge in [-0.15, -0.1) is 0 Å². The lowest BCUT2D eigenvalue weighted by Crippen LogP contribution is -2.67. The Morgan fingerprint density at radius 3 is 2.56 bits per heavy atom. The van der Waals surface area contributed by atoms with Crippen LogP contribution in [0.25, 0.3) is 10.9 Å². The minimum absolute atomic E-state index is 0.0768. The quantitative estimate of drug-likeness (QED) is 0.890. The molecule has 1 aromatic heterocycles. The summed E-state index contributed by atoms with van der Waals surface area (Å²) >= 11 is 0. The van der Waals surface area contributed by atoms with Gasteiger partial charge in [-0.2, -0.15) is 0 Å². The molecule has 1 unspecified atom stereocenters. The summed E-state index contributed by atoms with van der Waals surface area (Å²) in [6, 6.07) is 2.61. The van der Waals surface area contributed by atoms with E-state index in [-0.39, 0.29) is 23.0 Å².